The zero-order valence-corrected chi connectivity index (χ0v) is 11.8. The van der Waals surface area contributed by atoms with Gasteiger partial charge in [0, 0.05) is 29.6 Å². The molecule has 20 heavy (non-hydrogen) atoms. The zero-order valence-electron chi connectivity index (χ0n) is 11.0. The molecule has 1 saturated heterocycles. The predicted molar refractivity (Wildman–Crippen MR) is 75.1 cm³/mol. The van der Waals surface area contributed by atoms with Crippen molar-refractivity contribution in [3.05, 3.63) is 28.8 Å². The number of hydrogen-bond acceptors (Lipinski definition) is 4. The molecular weight excluding hydrogens is 280 g/mol. The summed E-state index contributed by atoms with van der Waals surface area (Å²) in [6, 6.07) is 5.43. The van der Waals surface area contributed by atoms with Gasteiger partial charge in [-0.05, 0) is 18.2 Å². The highest BCUT2D eigenvalue weighted by atomic mass is 35.5. The predicted octanol–water partition coefficient (Wildman–Crippen LogP) is 1.27. The summed E-state index contributed by atoms with van der Waals surface area (Å²) in [6.07, 6.45) is 0.409. The highest BCUT2D eigenvalue weighted by molar-refractivity contribution is 6.30. The molecule has 0 aliphatic carbocycles. The Balaban J connectivity index is 1.59. The molecule has 2 unspecified atom stereocenters. The molecule has 1 amide bonds. The Morgan fingerprint density at radius 2 is 2.35 bits per heavy atom. The van der Waals surface area contributed by atoms with Crippen LogP contribution in [0.1, 0.15) is 18.0 Å². The van der Waals surface area contributed by atoms with E-state index in [9.17, 15) is 4.79 Å². The molecule has 6 heteroatoms. The molecule has 2 heterocycles. The van der Waals surface area contributed by atoms with E-state index in [1.165, 1.54) is 0 Å². The smallest absolute Gasteiger partial charge is 0.222 e. The molecule has 0 aromatic heterocycles. The highest BCUT2D eigenvalue weighted by Crippen LogP contribution is 2.34. The van der Waals surface area contributed by atoms with Gasteiger partial charge in [0.1, 0.15) is 12.4 Å². The number of morpholine rings is 1. The molecule has 1 aromatic carbocycles. The molecule has 5 nitrogen and oxygen atoms in total. The van der Waals surface area contributed by atoms with E-state index in [0.717, 1.165) is 17.9 Å². The maximum absolute atomic E-state index is 12.1. The molecular formula is C14H17ClN2O3. The van der Waals surface area contributed by atoms with E-state index in [0.29, 0.717) is 31.3 Å². The van der Waals surface area contributed by atoms with E-state index in [-0.39, 0.29) is 18.0 Å². The van der Waals surface area contributed by atoms with Crippen LogP contribution in [0.4, 0.5) is 0 Å². The third kappa shape index (κ3) is 3.06. The summed E-state index contributed by atoms with van der Waals surface area (Å²) in [5.41, 5.74) is 0.943. The van der Waals surface area contributed by atoms with Crippen molar-refractivity contribution in [1.82, 2.24) is 10.6 Å². The first kappa shape index (κ1) is 13.7. The molecule has 3 rings (SSSR count). The molecule has 2 N–H and O–H groups in total. The van der Waals surface area contributed by atoms with Gasteiger partial charge in [0.2, 0.25) is 5.91 Å². The average molecular weight is 297 g/mol. The number of carbonyl (C=O) groups excluding carboxylic acids is 1. The van der Waals surface area contributed by atoms with Gasteiger partial charge in [-0.3, -0.25) is 4.79 Å². The first-order valence-electron chi connectivity index (χ1n) is 6.75. The van der Waals surface area contributed by atoms with Gasteiger partial charge in [-0.2, -0.15) is 0 Å². The van der Waals surface area contributed by atoms with Crippen molar-refractivity contribution in [3.63, 3.8) is 0 Å². The zero-order chi connectivity index (χ0) is 13.9. The fourth-order valence-electron chi connectivity index (χ4n) is 2.53. The van der Waals surface area contributed by atoms with Crippen LogP contribution in [0, 0.1) is 0 Å². The third-order valence-electron chi connectivity index (χ3n) is 3.52. The summed E-state index contributed by atoms with van der Waals surface area (Å²) in [6.45, 7) is 2.54. The quantitative estimate of drug-likeness (QED) is 0.882. The second kappa shape index (κ2) is 5.99. The number of rotatable bonds is 3. The van der Waals surface area contributed by atoms with Crippen LogP contribution in [0.5, 0.6) is 5.75 Å². The van der Waals surface area contributed by atoms with Crippen LogP contribution < -0.4 is 15.4 Å². The van der Waals surface area contributed by atoms with E-state index < -0.39 is 0 Å². The van der Waals surface area contributed by atoms with Crippen LogP contribution in [0.3, 0.4) is 0 Å². The number of fused-ring (bicyclic) bond motifs is 1. The van der Waals surface area contributed by atoms with Gasteiger partial charge in [0.25, 0.3) is 0 Å². The van der Waals surface area contributed by atoms with Gasteiger partial charge >= 0.3 is 0 Å². The fraction of sp³-hybridized carbons (Fsp3) is 0.500. The maximum atomic E-state index is 12.1. The van der Waals surface area contributed by atoms with Crippen LogP contribution >= 0.6 is 11.6 Å². The summed E-state index contributed by atoms with van der Waals surface area (Å²) in [5, 5.41) is 6.91. The lowest BCUT2D eigenvalue weighted by atomic mass is 10.1. The van der Waals surface area contributed by atoms with Crippen LogP contribution in [0.2, 0.25) is 5.02 Å². The van der Waals surface area contributed by atoms with Crippen LogP contribution in [0.15, 0.2) is 18.2 Å². The molecule has 108 valence electrons. The molecule has 2 aliphatic rings. The maximum Gasteiger partial charge on any atom is 0.222 e. The van der Waals surface area contributed by atoms with E-state index in [1.807, 2.05) is 12.1 Å². The van der Waals surface area contributed by atoms with Gasteiger partial charge in [0.15, 0.2) is 0 Å². The molecule has 1 aromatic rings. The van der Waals surface area contributed by atoms with Crippen LogP contribution in [-0.2, 0) is 9.53 Å². The molecule has 2 aliphatic heterocycles. The number of amides is 1. The van der Waals surface area contributed by atoms with E-state index in [2.05, 4.69) is 10.6 Å². The van der Waals surface area contributed by atoms with Crippen molar-refractivity contribution in [2.45, 2.75) is 18.5 Å². The van der Waals surface area contributed by atoms with Crippen molar-refractivity contribution in [2.24, 2.45) is 0 Å². The summed E-state index contributed by atoms with van der Waals surface area (Å²) in [4.78, 5) is 12.1. The standard InChI is InChI=1S/C14H17ClN2O3/c15-9-1-2-13-11(5-9)12(8-20-13)17-14(18)6-10-7-19-4-3-16-10/h1-2,5,10,12,16H,3-4,6-8H2,(H,17,18). The Labute approximate surface area is 122 Å². The number of benzene rings is 1. The van der Waals surface area contributed by atoms with Gasteiger partial charge in [-0.15, -0.1) is 0 Å². The van der Waals surface area contributed by atoms with Gasteiger partial charge in [-0.1, -0.05) is 11.6 Å². The highest BCUT2D eigenvalue weighted by Gasteiger charge is 2.27. The number of hydrogen-bond donors (Lipinski definition) is 2. The van der Waals surface area contributed by atoms with Crippen molar-refractivity contribution in [1.29, 1.82) is 0 Å². The Morgan fingerprint density at radius 3 is 3.15 bits per heavy atom. The first-order chi connectivity index (χ1) is 9.72. The molecule has 0 radical (unpaired) electrons. The van der Waals surface area contributed by atoms with E-state index in [4.69, 9.17) is 21.1 Å². The summed E-state index contributed by atoms with van der Waals surface area (Å²) in [5.74, 6) is 0.785. The number of carbonyl (C=O) groups is 1. The second-order valence-corrected chi connectivity index (χ2v) is 5.48. The van der Waals surface area contributed by atoms with Crippen molar-refractivity contribution in [2.75, 3.05) is 26.4 Å². The first-order valence-corrected chi connectivity index (χ1v) is 7.13. The molecule has 0 spiro atoms. The lowest BCUT2D eigenvalue weighted by Crippen LogP contribution is -2.44. The minimum absolute atomic E-state index is 0.00516. The van der Waals surface area contributed by atoms with Crippen LogP contribution in [0.25, 0.3) is 0 Å². The Morgan fingerprint density at radius 1 is 1.45 bits per heavy atom. The summed E-state index contributed by atoms with van der Waals surface area (Å²) >= 11 is 5.99. The lowest BCUT2D eigenvalue weighted by molar-refractivity contribution is -0.123. The Hall–Kier alpha value is -1.30. The average Bonchev–Trinajstić information content (AvgIpc) is 2.82. The van der Waals surface area contributed by atoms with E-state index in [1.54, 1.807) is 6.07 Å². The normalized spacial score (nSPS) is 24.9. The van der Waals surface area contributed by atoms with Crippen molar-refractivity contribution in [3.8, 4) is 5.75 Å². The minimum Gasteiger partial charge on any atom is -0.491 e. The molecule has 1 fully saturated rings. The van der Waals surface area contributed by atoms with E-state index >= 15 is 0 Å². The fourth-order valence-corrected chi connectivity index (χ4v) is 2.71. The Kier molecular flexibility index (Phi) is 4.10. The number of ether oxygens (including phenoxy) is 2. The molecule has 0 saturated carbocycles. The topological polar surface area (TPSA) is 59.6 Å². The van der Waals surface area contributed by atoms with Gasteiger partial charge in [-0.25, -0.2) is 0 Å². The molecule has 0 bridgehead atoms. The van der Waals surface area contributed by atoms with Crippen molar-refractivity contribution < 1.29 is 14.3 Å². The Bertz CT molecular complexity index is 503. The summed E-state index contributed by atoms with van der Waals surface area (Å²) in [7, 11) is 0. The SMILES string of the molecule is O=C(CC1COCCN1)NC1COc2ccc(Cl)cc21. The molecule has 2 atom stereocenters. The monoisotopic (exact) mass is 296 g/mol. The summed E-state index contributed by atoms with van der Waals surface area (Å²) < 4.78 is 10.9. The minimum atomic E-state index is -0.124. The largest absolute Gasteiger partial charge is 0.491 e. The number of halogens is 1. The van der Waals surface area contributed by atoms with Crippen LogP contribution in [-0.4, -0.2) is 38.3 Å². The third-order valence-corrected chi connectivity index (χ3v) is 3.75. The van der Waals surface area contributed by atoms with Crippen molar-refractivity contribution >= 4 is 17.5 Å². The lowest BCUT2D eigenvalue weighted by Gasteiger charge is -2.23. The second-order valence-electron chi connectivity index (χ2n) is 5.04. The van der Waals surface area contributed by atoms with Gasteiger partial charge in [0.05, 0.1) is 19.3 Å². The van der Waals surface area contributed by atoms with Gasteiger partial charge < -0.3 is 20.1 Å². The number of nitrogens with one attached hydrogen (secondary N) is 2.